The van der Waals surface area contributed by atoms with Crippen LogP contribution in [-0.2, 0) is 10.0 Å². The minimum Gasteiger partial charge on any atom is -0.496 e. The van der Waals surface area contributed by atoms with Crippen LogP contribution in [0, 0.1) is 0 Å². The summed E-state index contributed by atoms with van der Waals surface area (Å²) in [7, 11) is 2.26. The summed E-state index contributed by atoms with van der Waals surface area (Å²) >= 11 is 0. The minimum absolute atomic E-state index is 0.0422. The average Bonchev–Trinajstić information content (AvgIpc) is 2.45. The molecule has 2 N–H and O–H groups in total. The molecule has 0 amide bonds. The van der Waals surface area contributed by atoms with Crippen molar-refractivity contribution < 1.29 is 22.6 Å². The summed E-state index contributed by atoms with van der Waals surface area (Å²) in [6.45, 7) is 0.775. The van der Waals surface area contributed by atoms with Gasteiger partial charge < -0.3 is 19.5 Å². The monoisotopic (exact) mass is 304 g/mol. The van der Waals surface area contributed by atoms with Gasteiger partial charge in [0.05, 0.1) is 21.3 Å². The van der Waals surface area contributed by atoms with Gasteiger partial charge in [-0.15, -0.1) is 0 Å². The van der Waals surface area contributed by atoms with Crippen molar-refractivity contribution >= 4 is 10.0 Å². The van der Waals surface area contributed by atoms with Crippen molar-refractivity contribution in [2.75, 3.05) is 41.5 Å². The Hall–Kier alpha value is -1.51. The van der Waals surface area contributed by atoms with Gasteiger partial charge in [-0.2, -0.15) is 0 Å². The molecule has 0 saturated carbocycles. The Morgan fingerprint density at radius 3 is 1.95 bits per heavy atom. The molecule has 20 heavy (non-hydrogen) atoms. The van der Waals surface area contributed by atoms with Gasteiger partial charge in [-0.1, -0.05) is 0 Å². The number of rotatable bonds is 8. The molecule has 1 aromatic carbocycles. The van der Waals surface area contributed by atoms with E-state index in [9.17, 15) is 8.42 Å². The summed E-state index contributed by atoms with van der Waals surface area (Å²) in [5.41, 5.74) is 0. The zero-order chi connectivity index (χ0) is 15.2. The Bertz CT molecular complexity index is 520. The molecule has 0 atom stereocenters. The van der Waals surface area contributed by atoms with E-state index in [1.54, 1.807) is 7.05 Å². The fourth-order valence-electron chi connectivity index (χ4n) is 1.62. The van der Waals surface area contributed by atoms with Crippen molar-refractivity contribution in [3.8, 4) is 17.2 Å². The molecule has 1 aromatic rings. The van der Waals surface area contributed by atoms with E-state index in [0.29, 0.717) is 12.3 Å². The number of methoxy groups -OCH3 is 3. The first-order valence-electron chi connectivity index (χ1n) is 5.94. The second kappa shape index (κ2) is 7.32. The van der Waals surface area contributed by atoms with Gasteiger partial charge in [-0.05, 0) is 7.05 Å². The Kier molecular flexibility index (Phi) is 6.05. The Balaban J connectivity index is 3.27. The first-order valence-corrected chi connectivity index (χ1v) is 7.42. The van der Waals surface area contributed by atoms with Crippen LogP contribution in [0.4, 0.5) is 0 Å². The number of hydrogen-bond acceptors (Lipinski definition) is 6. The highest BCUT2D eigenvalue weighted by atomic mass is 32.2. The highest BCUT2D eigenvalue weighted by Gasteiger charge is 2.25. The number of hydrogen-bond donors (Lipinski definition) is 2. The summed E-state index contributed by atoms with van der Waals surface area (Å²) in [6.07, 6.45) is 0. The topological polar surface area (TPSA) is 85.9 Å². The third-order valence-corrected chi connectivity index (χ3v) is 4.13. The van der Waals surface area contributed by atoms with E-state index in [2.05, 4.69) is 10.0 Å². The van der Waals surface area contributed by atoms with E-state index in [0.717, 1.165) is 0 Å². The number of sulfonamides is 1. The van der Waals surface area contributed by atoms with Crippen LogP contribution in [0.5, 0.6) is 17.2 Å². The Morgan fingerprint density at radius 1 is 1.00 bits per heavy atom. The molecule has 114 valence electrons. The fourth-order valence-corrected chi connectivity index (χ4v) is 2.95. The normalized spacial score (nSPS) is 11.2. The van der Waals surface area contributed by atoms with Crippen molar-refractivity contribution in [2.24, 2.45) is 0 Å². The molecular formula is C12H20N2O5S. The highest BCUT2D eigenvalue weighted by molar-refractivity contribution is 7.89. The zero-order valence-corrected chi connectivity index (χ0v) is 12.8. The predicted molar refractivity (Wildman–Crippen MR) is 75.2 cm³/mol. The second-order valence-corrected chi connectivity index (χ2v) is 5.57. The predicted octanol–water partition coefficient (Wildman–Crippen LogP) is 0.210. The molecule has 8 heteroatoms. The standard InChI is InChI=1S/C12H20N2O5S/c1-13-5-6-14-20(15,16)12-10(18-3)7-9(17-2)8-11(12)19-4/h7-8,13-14H,5-6H2,1-4H3. The fraction of sp³-hybridized carbons (Fsp3) is 0.500. The van der Waals surface area contributed by atoms with E-state index in [-0.39, 0.29) is 22.9 Å². The van der Waals surface area contributed by atoms with Crippen LogP contribution in [0.25, 0.3) is 0 Å². The van der Waals surface area contributed by atoms with Gasteiger partial charge in [-0.3, -0.25) is 0 Å². The Morgan fingerprint density at radius 2 is 1.55 bits per heavy atom. The van der Waals surface area contributed by atoms with Crippen LogP contribution >= 0.6 is 0 Å². The lowest BCUT2D eigenvalue weighted by atomic mass is 10.3. The smallest absolute Gasteiger partial charge is 0.248 e. The molecular weight excluding hydrogens is 284 g/mol. The van der Waals surface area contributed by atoms with Crippen molar-refractivity contribution in [1.29, 1.82) is 0 Å². The lowest BCUT2D eigenvalue weighted by molar-refractivity contribution is 0.359. The van der Waals surface area contributed by atoms with Gasteiger partial charge in [0.2, 0.25) is 10.0 Å². The van der Waals surface area contributed by atoms with Crippen molar-refractivity contribution in [1.82, 2.24) is 10.0 Å². The van der Waals surface area contributed by atoms with Gasteiger partial charge in [0.15, 0.2) is 4.90 Å². The molecule has 0 radical (unpaired) electrons. The maximum Gasteiger partial charge on any atom is 0.248 e. The maximum absolute atomic E-state index is 12.3. The molecule has 7 nitrogen and oxygen atoms in total. The molecule has 0 aliphatic rings. The second-order valence-electron chi connectivity index (χ2n) is 3.86. The Labute approximate surface area is 119 Å². The van der Waals surface area contributed by atoms with E-state index < -0.39 is 10.0 Å². The molecule has 0 saturated heterocycles. The van der Waals surface area contributed by atoms with E-state index >= 15 is 0 Å². The van der Waals surface area contributed by atoms with Crippen LogP contribution < -0.4 is 24.2 Å². The van der Waals surface area contributed by atoms with Gasteiger partial charge >= 0.3 is 0 Å². The first kappa shape index (κ1) is 16.5. The molecule has 1 rings (SSSR count). The zero-order valence-electron chi connectivity index (χ0n) is 12.0. The number of nitrogens with one attached hydrogen (secondary N) is 2. The summed E-state index contributed by atoms with van der Waals surface area (Å²) in [4.78, 5) is -0.0422. The third kappa shape index (κ3) is 3.75. The largest absolute Gasteiger partial charge is 0.496 e. The van der Waals surface area contributed by atoms with Crippen LogP contribution in [-0.4, -0.2) is 49.9 Å². The molecule has 0 aliphatic heterocycles. The van der Waals surface area contributed by atoms with Crippen LogP contribution in [0.1, 0.15) is 0 Å². The molecule has 0 aliphatic carbocycles. The lowest BCUT2D eigenvalue weighted by Gasteiger charge is -2.15. The van der Waals surface area contributed by atoms with Crippen molar-refractivity contribution in [2.45, 2.75) is 4.90 Å². The summed E-state index contributed by atoms with van der Waals surface area (Å²) in [5.74, 6) is 0.782. The molecule has 0 fully saturated rings. The van der Waals surface area contributed by atoms with Gasteiger partial charge in [0, 0.05) is 25.2 Å². The van der Waals surface area contributed by atoms with E-state index in [4.69, 9.17) is 14.2 Å². The SMILES string of the molecule is CNCCNS(=O)(=O)c1c(OC)cc(OC)cc1OC. The third-order valence-electron chi connectivity index (χ3n) is 2.61. The minimum atomic E-state index is -3.74. The summed E-state index contributed by atoms with van der Waals surface area (Å²) < 4.78 is 42.5. The van der Waals surface area contributed by atoms with Crippen LogP contribution in [0.2, 0.25) is 0 Å². The average molecular weight is 304 g/mol. The number of ether oxygens (including phenoxy) is 3. The molecule has 0 unspecified atom stereocenters. The molecule has 0 aromatic heterocycles. The maximum atomic E-state index is 12.3. The van der Waals surface area contributed by atoms with Gasteiger partial charge in [0.25, 0.3) is 0 Å². The van der Waals surface area contributed by atoms with Gasteiger partial charge in [0.1, 0.15) is 17.2 Å². The summed E-state index contributed by atoms with van der Waals surface area (Å²) in [5, 5.41) is 2.86. The first-order chi connectivity index (χ1) is 9.50. The van der Waals surface area contributed by atoms with Gasteiger partial charge in [-0.25, -0.2) is 13.1 Å². The molecule has 0 spiro atoms. The van der Waals surface area contributed by atoms with Crippen molar-refractivity contribution in [3.63, 3.8) is 0 Å². The van der Waals surface area contributed by atoms with E-state index in [1.807, 2.05) is 0 Å². The van der Waals surface area contributed by atoms with Crippen LogP contribution in [0.15, 0.2) is 17.0 Å². The molecule has 0 heterocycles. The van der Waals surface area contributed by atoms with Crippen LogP contribution in [0.3, 0.4) is 0 Å². The number of likely N-dealkylation sites (N-methyl/N-ethyl adjacent to an activating group) is 1. The quantitative estimate of drug-likeness (QED) is 0.668. The highest BCUT2D eigenvalue weighted by Crippen LogP contribution is 2.37. The van der Waals surface area contributed by atoms with E-state index in [1.165, 1.54) is 33.5 Å². The lowest BCUT2D eigenvalue weighted by Crippen LogP contribution is -2.31. The summed E-state index contributed by atoms with van der Waals surface area (Å²) in [6, 6.07) is 2.99. The number of benzene rings is 1. The molecule has 0 bridgehead atoms. The van der Waals surface area contributed by atoms with Crippen molar-refractivity contribution in [3.05, 3.63) is 12.1 Å².